The van der Waals surface area contributed by atoms with Gasteiger partial charge in [0.15, 0.2) is 20.8 Å². The van der Waals surface area contributed by atoms with Gasteiger partial charge < -0.3 is 14.2 Å². The molecule has 0 atom stereocenters. The van der Waals surface area contributed by atoms with Crippen LogP contribution in [0.25, 0.3) is 22.7 Å². The van der Waals surface area contributed by atoms with Crippen LogP contribution >= 0.6 is 22.6 Å². The summed E-state index contributed by atoms with van der Waals surface area (Å²) in [5.74, 6) is 0.465. The monoisotopic (exact) mass is 431 g/mol. The number of nitrogens with zero attached hydrogens (tertiary/aromatic N) is 2. The Morgan fingerprint density at radius 1 is 1.04 bits per heavy atom. The van der Waals surface area contributed by atoms with Crippen molar-refractivity contribution in [2.24, 2.45) is 0 Å². The molecule has 4 aromatic rings. The van der Waals surface area contributed by atoms with Gasteiger partial charge in [-0.1, -0.05) is 0 Å². The van der Waals surface area contributed by atoms with Gasteiger partial charge in [-0.25, -0.2) is 4.98 Å². The fourth-order valence-electron chi connectivity index (χ4n) is 2.22. The first-order chi connectivity index (χ1) is 11.7. The standard InChI is InChI=1S/C17H10IN3O3/c18-14-8-7-13(23-14)16(22)20-11-5-3-10(4-6-11)17-21-15-12(24-17)2-1-9-19-15/h1-9H,(H,20,22). The zero-order valence-corrected chi connectivity index (χ0v) is 14.4. The minimum absolute atomic E-state index is 0.272. The van der Waals surface area contributed by atoms with Gasteiger partial charge >= 0.3 is 0 Å². The van der Waals surface area contributed by atoms with Crippen molar-refractivity contribution in [3.63, 3.8) is 0 Å². The number of nitrogens with one attached hydrogen (secondary N) is 1. The van der Waals surface area contributed by atoms with E-state index in [9.17, 15) is 4.79 Å². The van der Waals surface area contributed by atoms with Crippen molar-refractivity contribution in [3.05, 3.63) is 64.3 Å². The van der Waals surface area contributed by atoms with E-state index in [1.54, 1.807) is 36.5 Å². The molecule has 0 aliphatic carbocycles. The van der Waals surface area contributed by atoms with E-state index in [-0.39, 0.29) is 11.7 Å². The maximum absolute atomic E-state index is 12.1. The Morgan fingerprint density at radius 2 is 1.88 bits per heavy atom. The maximum atomic E-state index is 12.1. The number of carbonyl (C=O) groups is 1. The minimum atomic E-state index is -0.295. The van der Waals surface area contributed by atoms with Gasteiger partial charge in [0.05, 0.1) is 0 Å². The predicted molar refractivity (Wildman–Crippen MR) is 96.6 cm³/mol. The summed E-state index contributed by atoms with van der Waals surface area (Å²) in [6.45, 7) is 0. The minimum Gasteiger partial charge on any atom is -0.445 e. The van der Waals surface area contributed by atoms with Gasteiger partial charge in [0.1, 0.15) is 0 Å². The van der Waals surface area contributed by atoms with Gasteiger partial charge in [-0.2, -0.15) is 4.98 Å². The molecule has 24 heavy (non-hydrogen) atoms. The smallest absolute Gasteiger partial charge is 0.291 e. The second-order valence-corrected chi connectivity index (χ2v) is 6.04. The zero-order chi connectivity index (χ0) is 16.5. The fraction of sp³-hybridized carbons (Fsp3) is 0. The number of fused-ring (bicyclic) bond motifs is 1. The summed E-state index contributed by atoms with van der Waals surface area (Å²) in [7, 11) is 0. The van der Waals surface area contributed by atoms with Crippen LogP contribution in [0.15, 0.2) is 63.6 Å². The summed E-state index contributed by atoms with van der Waals surface area (Å²) in [5.41, 5.74) is 2.66. The topological polar surface area (TPSA) is 81.2 Å². The van der Waals surface area contributed by atoms with Gasteiger partial charge in [0, 0.05) is 17.4 Å². The van der Waals surface area contributed by atoms with E-state index in [0.29, 0.717) is 26.6 Å². The highest BCUT2D eigenvalue weighted by molar-refractivity contribution is 14.1. The number of rotatable bonds is 3. The number of benzene rings is 1. The van der Waals surface area contributed by atoms with Crippen LogP contribution in [0, 0.1) is 3.77 Å². The number of hydrogen-bond acceptors (Lipinski definition) is 5. The molecule has 0 saturated heterocycles. The second-order valence-electron chi connectivity index (χ2n) is 4.98. The summed E-state index contributed by atoms with van der Waals surface area (Å²) in [5, 5.41) is 2.78. The average molecular weight is 431 g/mol. The molecule has 0 radical (unpaired) electrons. The van der Waals surface area contributed by atoms with E-state index in [1.807, 2.05) is 40.8 Å². The number of hydrogen-bond donors (Lipinski definition) is 1. The lowest BCUT2D eigenvalue weighted by molar-refractivity contribution is 0.0995. The molecule has 0 saturated carbocycles. The van der Waals surface area contributed by atoms with Crippen molar-refractivity contribution in [3.8, 4) is 11.5 Å². The van der Waals surface area contributed by atoms with Crippen LogP contribution in [0.5, 0.6) is 0 Å². The molecule has 0 aliphatic rings. The van der Waals surface area contributed by atoms with Gasteiger partial charge in [-0.15, -0.1) is 0 Å². The van der Waals surface area contributed by atoms with Gasteiger partial charge in [-0.3, -0.25) is 4.79 Å². The molecule has 3 heterocycles. The number of pyridine rings is 1. The third kappa shape index (κ3) is 2.90. The van der Waals surface area contributed by atoms with Crippen molar-refractivity contribution < 1.29 is 13.6 Å². The molecule has 6 nitrogen and oxygen atoms in total. The highest BCUT2D eigenvalue weighted by Gasteiger charge is 2.12. The van der Waals surface area contributed by atoms with Crippen LogP contribution in [0.3, 0.4) is 0 Å². The number of anilines is 1. The molecule has 1 aromatic carbocycles. The average Bonchev–Trinajstić information content (AvgIpc) is 3.21. The third-order valence-corrected chi connectivity index (χ3v) is 3.93. The number of oxazole rings is 1. The first-order valence-electron chi connectivity index (χ1n) is 7.08. The molecule has 0 spiro atoms. The maximum Gasteiger partial charge on any atom is 0.291 e. The van der Waals surface area contributed by atoms with Crippen molar-refractivity contribution in [2.45, 2.75) is 0 Å². The number of aromatic nitrogens is 2. The lowest BCUT2D eigenvalue weighted by Gasteiger charge is -2.03. The normalized spacial score (nSPS) is 10.9. The van der Waals surface area contributed by atoms with Crippen LogP contribution in [0.4, 0.5) is 5.69 Å². The summed E-state index contributed by atoms with van der Waals surface area (Å²) in [6.07, 6.45) is 1.67. The lowest BCUT2D eigenvalue weighted by Crippen LogP contribution is -2.10. The van der Waals surface area contributed by atoms with E-state index in [0.717, 1.165) is 5.56 Å². The molecule has 1 N–H and O–H groups in total. The number of furan rings is 1. The lowest BCUT2D eigenvalue weighted by atomic mass is 10.2. The molecule has 0 fully saturated rings. The Morgan fingerprint density at radius 3 is 2.58 bits per heavy atom. The van der Waals surface area contributed by atoms with Gasteiger partial charge in [0.25, 0.3) is 5.91 Å². The summed E-state index contributed by atoms with van der Waals surface area (Å²) in [6, 6.07) is 14.2. The Hall–Kier alpha value is -2.68. The molecule has 118 valence electrons. The van der Waals surface area contributed by atoms with Crippen LogP contribution < -0.4 is 5.32 Å². The van der Waals surface area contributed by atoms with Crippen LogP contribution in [-0.2, 0) is 0 Å². The molecule has 1 amide bonds. The molecule has 0 aliphatic heterocycles. The van der Waals surface area contributed by atoms with Crippen molar-refractivity contribution >= 4 is 45.4 Å². The summed E-state index contributed by atoms with van der Waals surface area (Å²) < 4.78 is 11.6. The largest absolute Gasteiger partial charge is 0.445 e. The van der Waals surface area contributed by atoms with Gasteiger partial charge in [0.2, 0.25) is 5.89 Å². The quantitative estimate of drug-likeness (QED) is 0.489. The van der Waals surface area contributed by atoms with Crippen LogP contribution in [0.1, 0.15) is 10.6 Å². The Bertz CT molecular complexity index is 988. The Kier molecular flexibility index (Phi) is 3.77. The van der Waals surface area contributed by atoms with E-state index in [4.69, 9.17) is 8.83 Å². The predicted octanol–water partition coefficient (Wildman–Crippen LogP) is 4.34. The van der Waals surface area contributed by atoms with Crippen LogP contribution in [-0.4, -0.2) is 15.9 Å². The number of carbonyl (C=O) groups excluding carboxylic acids is 1. The summed E-state index contributed by atoms with van der Waals surface area (Å²) >= 11 is 2.01. The molecule has 0 bridgehead atoms. The number of amides is 1. The van der Waals surface area contributed by atoms with E-state index in [2.05, 4.69) is 15.3 Å². The molecular weight excluding hydrogens is 421 g/mol. The van der Waals surface area contributed by atoms with E-state index in [1.165, 1.54) is 0 Å². The highest BCUT2D eigenvalue weighted by Crippen LogP contribution is 2.24. The Labute approximate surface area is 150 Å². The van der Waals surface area contributed by atoms with Crippen molar-refractivity contribution in [2.75, 3.05) is 5.32 Å². The van der Waals surface area contributed by atoms with Crippen LogP contribution in [0.2, 0.25) is 0 Å². The molecule has 4 rings (SSSR count). The highest BCUT2D eigenvalue weighted by atomic mass is 127. The van der Waals surface area contributed by atoms with Crippen molar-refractivity contribution in [1.82, 2.24) is 9.97 Å². The zero-order valence-electron chi connectivity index (χ0n) is 12.2. The van der Waals surface area contributed by atoms with E-state index < -0.39 is 0 Å². The third-order valence-electron chi connectivity index (χ3n) is 3.35. The number of halogens is 1. The second kappa shape index (κ2) is 6.08. The first kappa shape index (κ1) is 14.9. The van der Waals surface area contributed by atoms with E-state index >= 15 is 0 Å². The SMILES string of the molecule is O=C(Nc1ccc(-c2nc3ncccc3o2)cc1)c1ccc(I)o1. The first-order valence-corrected chi connectivity index (χ1v) is 8.15. The fourth-order valence-corrected chi connectivity index (χ4v) is 2.63. The summed E-state index contributed by atoms with van der Waals surface area (Å²) in [4.78, 5) is 20.5. The molecule has 3 aromatic heterocycles. The van der Waals surface area contributed by atoms with Gasteiger partial charge in [-0.05, 0) is 71.1 Å². The Balaban J connectivity index is 1.55. The molecular formula is C17H10IN3O3. The van der Waals surface area contributed by atoms with Crippen molar-refractivity contribution in [1.29, 1.82) is 0 Å². The molecule has 7 heteroatoms. The molecule has 0 unspecified atom stereocenters.